The van der Waals surface area contributed by atoms with Crippen molar-refractivity contribution in [1.29, 1.82) is 0 Å². The van der Waals surface area contributed by atoms with Gasteiger partial charge in [-0.05, 0) is 56.3 Å². The highest BCUT2D eigenvalue weighted by Crippen LogP contribution is 2.18. The van der Waals surface area contributed by atoms with Crippen LogP contribution in [0.25, 0.3) is 0 Å². The number of nitrogens with one attached hydrogen (secondary N) is 2. The van der Waals surface area contributed by atoms with Crippen molar-refractivity contribution < 1.29 is 23.5 Å². The lowest BCUT2D eigenvalue weighted by atomic mass is 10.2. The second kappa shape index (κ2) is 9.05. The second-order valence-electron chi connectivity index (χ2n) is 5.23. The monoisotopic (exact) mass is 380 g/mol. The maximum atomic E-state index is 13.6. The van der Waals surface area contributed by atoms with E-state index in [1.807, 2.05) is 6.92 Å². The molecule has 0 saturated heterocycles. The van der Waals surface area contributed by atoms with Crippen molar-refractivity contribution in [2.45, 2.75) is 20.0 Å². The smallest absolute Gasteiger partial charge is 0.279 e. The summed E-state index contributed by atoms with van der Waals surface area (Å²) < 4.78 is 24.4. The highest BCUT2D eigenvalue weighted by atomic mass is 35.5. The first-order chi connectivity index (χ1) is 12.4. The van der Waals surface area contributed by atoms with Crippen molar-refractivity contribution in [3.05, 3.63) is 58.9 Å². The molecule has 26 heavy (non-hydrogen) atoms. The molecule has 6 nitrogen and oxygen atoms in total. The quantitative estimate of drug-likeness (QED) is 0.755. The summed E-state index contributed by atoms with van der Waals surface area (Å²) in [5.74, 6) is -1.03. The van der Waals surface area contributed by atoms with Crippen LogP contribution in [-0.2, 0) is 4.79 Å². The van der Waals surface area contributed by atoms with Gasteiger partial charge in [-0.2, -0.15) is 0 Å². The van der Waals surface area contributed by atoms with E-state index in [4.69, 9.17) is 21.1 Å². The van der Waals surface area contributed by atoms with E-state index in [0.29, 0.717) is 18.1 Å². The minimum absolute atomic E-state index is 0.204. The molecule has 0 radical (unpaired) electrons. The van der Waals surface area contributed by atoms with Crippen LogP contribution in [0.1, 0.15) is 24.2 Å². The zero-order valence-electron chi connectivity index (χ0n) is 14.2. The first kappa shape index (κ1) is 19.5. The number of amides is 2. The Balaban J connectivity index is 1.88. The van der Waals surface area contributed by atoms with Crippen molar-refractivity contribution in [3.8, 4) is 11.5 Å². The number of benzene rings is 2. The van der Waals surface area contributed by atoms with Crippen molar-refractivity contribution in [1.82, 2.24) is 10.9 Å². The summed E-state index contributed by atoms with van der Waals surface area (Å²) in [6.07, 6.45) is -0.891. The highest BCUT2D eigenvalue weighted by molar-refractivity contribution is 6.31. The molecule has 2 rings (SSSR count). The van der Waals surface area contributed by atoms with Gasteiger partial charge in [0.2, 0.25) is 0 Å². The number of carbonyl (C=O) groups is 2. The van der Waals surface area contributed by atoms with Gasteiger partial charge in [0.1, 0.15) is 17.3 Å². The number of ether oxygens (including phenoxy) is 2. The fraction of sp³-hybridized carbons (Fsp3) is 0.222. The van der Waals surface area contributed by atoms with E-state index in [9.17, 15) is 14.0 Å². The van der Waals surface area contributed by atoms with Crippen LogP contribution in [-0.4, -0.2) is 24.5 Å². The largest absolute Gasteiger partial charge is 0.494 e. The summed E-state index contributed by atoms with van der Waals surface area (Å²) in [7, 11) is 0. The zero-order chi connectivity index (χ0) is 19.1. The Morgan fingerprint density at radius 3 is 2.42 bits per heavy atom. The standard InChI is InChI=1S/C18H18ClFN2O4/c1-3-25-13-5-7-14(8-6-13)26-11(2)17(23)21-22-18(24)15-10-12(19)4-9-16(15)20/h4-11H,3H2,1-2H3,(H,21,23)(H,22,24)/t11-/m1/s1. The molecule has 0 fully saturated rings. The van der Waals surface area contributed by atoms with Crippen LogP contribution in [0.2, 0.25) is 5.02 Å². The van der Waals surface area contributed by atoms with Crippen LogP contribution in [0.15, 0.2) is 42.5 Å². The lowest BCUT2D eigenvalue weighted by Crippen LogP contribution is -2.47. The molecular weight excluding hydrogens is 363 g/mol. The van der Waals surface area contributed by atoms with Crippen LogP contribution < -0.4 is 20.3 Å². The molecule has 0 heterocycles. The Bertz CT molecular complexity index is 783. The van der Waals surface area contributed by atoms with E-state index in [2.05, 4.69) is 10.9 Å². The molecule has 0 spiro atoms. The van der Waals surface area contributed by atoms with E-state index in [-0.39, 0.29) is 10.6 Å². The minimum atomic E-state index is -0.891. The topological polar surface area (TPSA) is 76.7 Å². The average Bonchev–Trinajstić information content (AvgIpc) is 2.63. The zero-order valence-corrected chi connectivity index (χ0v) is 15.0. The lowest BCUT2D eigenvalue weighted by molar-refractivity contribution is -0.128. The SMILES string of the molecule is CCOc1ccc(O[C@H](C)C(=O)NNC(=O)c2cc(Cl)ccc2F)cc1. The van der Waals surface area contributed by atoms with E-state index in [0.717, 1.165) is 12.1 Å². The molecule has 0 aliphatic carbocycles. The van der Waals surface area contributed by atoms with Crippen LogP contribution >= 0.6 is 11.6 Å². The molecule has 0 saturated carbocycles. The van der Waals surface area contributed by atoms with Crippen molar-refractivity contribution in [2.24, 2.45) is 0 Å². The van der Waals surface area contributed by atoms with Crippen molar-refractivity contribution in [2.75, 3.05) is 6.61 Å². The summed E-state index contributed by atoms with van der Waals surface area (Å²) >= 11 is 5.73. The molecule has 0 bridgehead atoms. The third kappa shape index (κ3) is 5.35. The Hall–Kier alpha value is -2.80. The normalized spacial score (nSPS) is 11.4. The van der Waals surface area contributed by atoms with Gasteiger partial charge in [0.25, 0.3) is 11.8 Å². The number of hydrogen-bond donors (Lipinski definition) is 2. The van der Waals surface area contributed by atoms with Crippen LogP contribution in [0.3, 0.4) is 0 Å². The van der Waals surface area contributed by atoms with E-state index < -0.39 is 23.7 Å². The summed E-state index contributed by atoms with van der Waals surface area (Å²) in [5, 5.41) is 0.204. The number of halogens is 2. The molecule has 2 amide bonds. The molecule has 0 aliphatic heterocycles. The van der Waals surface area contributed by atoms with Gasteiger partial charge in [-0.25, -0.2) is 4.39 Å². The average molecular weight is 381 g/mol. The highest BCUT2D eigenvalue weighted by Gasteiger charge is 2.17. The second-order valence-corrected chi connectivity index (χ2v) is 5.67. The van der Waals surface area contributed by atoms with E-state index in [1.165, 1.54) is 13.0 Å². The molecule has 0 unspecified atom stereocenters. The van der Waals surface area contributed by atoms with Gasteiger partial charge < -0.3 is 9.47 Å². The van der Waals surface area contributed by atoms with Gasteiger partial charge in [-0.15, -0.1) is 0 Å². The Morgan fingerprint density at radius 1 is 1.12 bits per heavy atom. The number of rotatable bonds is 6. The maximum absolute atomic E-state index is 13.6. The molecule has 2 aromatic carbocycles. The summed E-state index contributed by atoms with van der Waals surface area (Å²) in [6, 6.07) is 10.3. The van der Waals surface area contributed by atoms with Gasteiger partial charge in [0, 0.05) is 5.02 Å². The Kier molecular flexibility index (Phi) is 6.80. The molecule has 0 aromatic heterocycles. The summed E-state index contributed by atoms with van der Waals surface area (Å²) in [5.41, 5.74) is 4.02. The van der Waals surface area contributed by atoms with Gasteiger partial charge in [0.15, 0.2) is 6.10 Å². The molecular formula is C18H18ClFN2O4. The summed E-state index contributed by atoms with van der Waals surface area (Å²) in [6.45, 7) is 3.93. The fourth-order valence-electron chi connectivity index (χ4n) is 2.00. The first-order valence-electron chi connectivity index (χ1n) is 7.85. The van der Waals surface area contributed by atoms with Crippen LogP contribution in [0, 0.1) is 5.82 Å². The fourth-order valence-corrected chi connectivity index (χ4v) is 2.17. The predicted octanol–water partition coefficient (Wildman–Crippen LogP) is 3.11. The number of carbonyl (C=O) groups excluding carboxylic acids is 2. The number of hydrazine groups is 1. The minimum Gasteiger partial charge on any atom is -0.494 e. The van der Waals surface area contributed by atoms with E-state index in [1.54, 1.807) is 24.3 Å². The molecule has 2 N–H and O–H groups in total. The first-order valence-corrected chi connectivity index (χ1v) is 8.23. The molecule has 8 heteroatoms. The van der Waals surface area contributed by atoms with Gasteiger partial charge in [-0.3, -0.25) is 20.4 Å². The Morgan fingerprint density at radius 2 is 1.77 bits per heavy atom. The van der Waals surface area contributed by atoms with Gasteiger partial charge in [0.05, 0.1) is 12.2 Å². The Labute approximate surface area is 155 Å². The van der Waals surface area contributed by atoms with Crippen molar-refractivity contribution >= 4 is 23.4 Å². The molecule has 1 atom stereocenters. The number of hydrogen-bond acceptors (Lipinski definition) is 4. The van der Waals surface area contributed by atoms with E-state index >= 15 is 0 Å². The maximum Gasteiger partial charge on any atom is 0.279 e. The van der Waals surface area contributed by atoms with Crippen LogP contribution in [0.5, 0.6) is 11.5 Å². The lowest BCUT2D eigenvalue weighted by Gasteiger charge is -2.15. The van der Waals surface area contributed by atoms with Crippen LogP contribution in [0.4, 0.5) is 4.39 Å². The molecule has 2 aromatic rings. The van der Waals surface area contributed by atoms with Crippen molar-refractivity contribution in [3.63, 3.8) is 0 Å². The third-order valence-electron chi connectivity index (χ3n) is 3.29. The summed E-state index contributed by atoms with van der Waals surface area (Å²) in [4.78, 5) is 23.9. The third-order valence-corrected chi connectivity index (χ3v) is 3.52. The van der Waals surface area contributed by atoms with Gasteiger partial charge >= 0.3 is 0 Å². The molecule has 0 aliphatic rings. The molecule has 138 valence electrons. The van der Waals surface area contributed by atoms with Gasteiger partial charge in [-0.1, -0.05) is 11.6 Å². The predicted molar refractivity (Wildman–Crippen MR) is 94.7 cm³/mol.